The fourth-order valence-corrected chi connectivity index (χ4v) is 3.20. The van der Waals surface area contributed by atoms with Crippen molar-refractivity contribution < 1.29 is 17.9 Å². The number of hydrogen-bond donors (Lipinski definition) is 0. The Morgan fingerprint density at radius 2 is 2.00 bits per heavy atom. The smallest absolute Gasteiger partial charge is 0.231 e. The molecule has 6 nitrogen and oxygen atoms in total. The van der Waals surface area contributed by atoms with Gasteiger partial charge in [0.15, 0.2) is 11.5 Å². The van der Waals surface area contributed by atoms with Crippen molar-refractivity contribution in [2.24, 2.45) is 0 Å². The van der Waals surface area contributed by atoms with Gasteiger partial charge in [0.05, 0.1) is 11.0 Å². The number of rotatable bonds is 3. The van der Waals surface area contributed by atoms with Crippen LogP contribution in [0.5, 0.6) is 11.5 Å². The number of fused-ring (bicyclic) bond motifs is 2. The second kappa shape index (κ2) is 5.85. The summed E-state index contributed by atoms with van der Waals surface area (Å²) in [6, 6.07) is 10.9. The van der Waals surface area contributed by atoms with E-state index in [1.165, 1.54) is 0 Å². The standard InChI is InChI=1S/C16H11ClN2O4S/c17-11-2-3-13-12(6-11)18-16(8-24(20)21)19(13)7-10-1-4-14-15(5-10)23-9-22-14/h1-6,8H,7,9H2. The minimum atomic E-state index is -2.35. The van der Waals surface area contributed by atoms with Crippen LogP contribution in [0.1, 0.15) is 11.4 Å². The number of hydrogen-bond acceptors (Lipinski definition) is 5. The largest absolute Gasteiger partial charge is 0.454 e. The molecular weight excluding hydrogens is 352 g/mol. The maximum absolute atomic E-state index is 11.1. The van der Waals surface area contributed by atoms with Crippen LogP contribution in [0.4, 0.5) is 0 Å². The zero-order valence-electron chi connectivity index (χ0n) is 12.3. The summed E-state index contributed by atoms with van der Waals surface area (Å²) in [6.45, 7) is 0.650. The van der Waals surface area contributed by atoms with Crippen LogP contribution in [0, 0.1) is 0 Å². The Balaban J connectivity index is 1.84. The predicted molar refractivity (Wildman–Crippen MR) is 90.5 cm³/mol. The highest BCUT2D eigenvalue weighted by Crippen LogP contribution is 2.33. The normalized spacial score (nSPS) is 12.5. The van der Waals surface area contributed by atoms with E-state index in [4.69, 9.17) is 21.1 Å². The SMILES string of the molecule is O=S(=O)=Cc1nc2cc(Cl)ccc2n1Cc1ccc2c(c1)OCO2. The van der Waals surface area contributed by atoms with Crippen molar-refractivity contribution in [3.05, 3.63) is 52.8 Å². The van der Waals surface area contributed by atoms with E-state index in [1.54, 1.807) is 12.1 Å². The number of ether oxygens (including phenoxy) is 2. The van der Waals surface area contributed by atoms with Crippen molar-refractivity contribution in [1.29, 1.82) is 0 Å². The molecule has 1 aliphatic rings. The average molecular weight is 363 g/mol. The van der Waals surface area contributed by atoms with Crippen molar-refractivity contribution in [1.82, 2.24) is 9.55 Å². The van der Waals surface area contributed by atoms with Gasteiger partial charge in [-0.05, 0) is 35.9 Å². The van der Waals surface area contributed by atoms with Crippen LogP contribution in [0.25, 0.3) is 11.0 Å². The maximum Gasteiger partial charge on any atom is 0.231 e. The predicted octanol–water partition coefficient (Wildman–Crippen LogP) is 2.50. The first-order valence-corrected chi connectivity index (χ1v) is 8.59. The number of nitrogens with zero attached hydrogens (tertiary/aromatic N) is 2. The second-order valence-corrected chi connectivity index (χ2v) is 6.45. The molecule has 0 radical (unpaired) electrons. The molecule has 0 atom stereocenters. The van der Waals surface area contributed by atoms with Crippen LogP contribution in [-0.4, -0.2) is 30.1 Å². The van der Waals surface area contributed by atoms with Gasteiger partial charge in [-0.15, -0.1) is 0 Å². The van der Waals surface area contributed by atoms with Crippen molar-refractivity contribution in [2.75, 3.05) is 6.79 Å². The van der Waals surface area contributed by atoms with Crippen molar-refractivity contribution >= 4 is 38.3 Å². The summed E-state index contributed by atoms with van der Waals surface area (Å²) >= 11 is 6.00. The quantitative estimate of drug-likeness (QED) is 0.669. The average Bonchev–Trinajstić information content (AvgIpc) is 3.11. The third-order valence-corrected chi connectivity index (χ3v) is 4.36. The van der Waals surface area contributed by atoms with Crippen molar-refractivity contribution in [3.8, 4) is 11.5 Å². The van der Waals surface area contributed by atoms with Gasteiger partial charge < -0.3 is 14.0 Å². The third-order valence-electron chi connectivity index (χ3n) is 3.72. The van der Waals surface area contributed by atoms with Gasteiger partial charge in [0.1, 0.15) is 11.2 Å². The van der Waals surface area contributed by atoms with Crippen LogP contribution >= 0.6 is 11.6 Å². The number of halogens is 1. The van der Waals surface area contributed by atoms with E-state index in [9.17, 15) is 8.42 Å². The summed E-state index contributed by atoms with van der Waals surface area (Å²) in [7, 11) is -2.35. The fraction of sp³-hybridized carbons (Fsp3) is 0.125. The first kappa shape index (κ1) is 15.0. The molecular formula is C16H11ClN2O4S. The van der Waals surface area contributed by atoms with Gasteiger partial charge >= 0.3 is 0 Å². The Morgan fingerprint density at radius 3 is 2.83 bits per heavy atom. The zero-order chi connectivity index (χ0) is 16.7. The van der Waals surface area contributed by atoms with E-state index < -0.39 is 10.3 Å². The number of aromatic nitrogens is 2. The molecule has 0 N–H and O–H groups in total. The lowest BCUT2D eigenvalue weighted by Gasteiger charge is -2.08. The molecule has 0 bridgehead atoms. The van der Waals surface area contributed by atoms with Crippen molar-refractivity contribution in [2.45, 2.75) is 6.54 Å². The van der Waals surface area contributed by atoms with Gasteiger partial charge in [-0.2, -0.15) is 8.42 Å². The molecule has 1 aliphatic heterocycles. The van der Waals surface area contributed by atoms with Crippen molar-refractivity contribution in [3.63, 3.8) is 0 Å². The van der Waals surface area contributed by atoms with Gasteiger partial charge in [0.2, 0.25) is 17.1 Å². The van der Waals surface area contributed by atoms with Gasteiger partial charge in [-0.25, -0.2) is 4.98 Å². The van der Waals surface area contributed by atoms with E-state index in [-0.39, 0.29) is 6.79 Å². The molecule has 4 rings (SSSR count). The monoisotopic (exact) mass is 362 g/mol. The third kappa shape index (κ3) is 2.72. The summed E-state index contributed by atoms with van der Waals surface area (Å²) in [5.74, 6) is 1.73. The topological polar surface area (TPSA) is 70.4 Å². The Morgan fingerprint density at radius 1 is 1.17 bits per heavy atom. The molecule has 0 spiro atoms. The minimum absolute atomic E-state index is 0.208. The van der Waals surface area contributed by atoms with E-state index >= 15 is 0 Å². The first-order chi connectivity index (χ1) is 11.6. The molecule has 0 amide bonds. The van der Waals surface area contributed by atoms with Gasteiger partial charge in [-0.1, -0.05) is 17.7 Å². The first-order valence-electron chi connectivity index (χ1n) is 7.07. The van der Waals surface area contributed by atoms with E-state index in [1.807, 2.05) is 28.8 Å². The summed E-state index contributed by atoms with van der Waals surface area (Å²) < 4.78 is 34.7. The lowest BCUT2D eigenvalue weighted by atomic mass is 10.2. The van der Waals surface area contributed by atoms with E-state index in [0.717, 1.165) is 16.4 Å². The molecule has 1 aromatic heterocycles. The Labute approximate surface area is 143 Å². The van der Waals surface area contributed by atoms with Gasteiger partial charge in [0.25, 0.3) is 0 Å². The molecule has 0 aliphatic carbocycles. The van der Waals surface area contributed by atoms with Gasteiger partial charge in [0, 0.05) is 11.6 Å². The summed E-state index contributed by atoms with van der Waals surface area (Å²) in [5.41, 5.74) is 2.38. The van der Waals surface area contributed by atoms with Gasteiger partial charge in [-0.3, -0.25) is 0 Å². The zero-order valence-corrected chi connectivity index (χ0v) is 13.8. The molecule has 0 unspecified atom stereocenters. The lowest BCUT2D eigenvalue weighted by molar-refractivity contribution is 0.174. The Kier molecular flexibility index (Phi) is 3.66. The summed E-state index contributed by atoms with van der Waals surface area (Å²) in [4.78, 5) is 4.36. The summed E-state index contributed by atoms with van der Waals surface area (Å²) in [5, 5.41) is 1.63. The molecule has 0 saturated carbocycles. The highest BCUT2D eigenvalue weighted by molar-refractivity contribution is 7.71. The van der Waals surface area contributed by atoms with Crippen LogP contribution in [-0.2, 0) is 16.8 Å². The molecule has 8 heteroatoms. The van der Waals surface area contributed by atoms with Crippen LogP contribution < -0.4 is 9.47 Å². The van der Waals surface area contributed by atoms with Crippen LogP contribution in [0.2, 0.25) is 5.02 Å². The molecule has 24 heavy (non-hydrogen) atoms. The maximum atomic E-state index is 11.1. The summed E-state index contributed by atoms with van der Waals surface area (Å²) in [6.07, 6.45) is 0. The molecule has 0 saturated heterocycles. The number of imidazole rings is 1. The van der Waals surface area contributed by atoms with Crippen LogP contribution in [0.15, 0.2) is 36.4 Å². The fourth-order valence-electron chi connectivity index (χ4n) is 2.69. The van der Waals surface area contributed by atoms with Crippen LogP contribution in [0.3, 0.4) is 0 Å². The molecule has 0 fully saturated rings. The second-order valence-electron chi connectivity index (χ2n) is 5.26. The highest BCUT2D eigenvalue weighted by Gasteiger charge is 2.15. The van der Waals surface area contributed by atoms with E-state index in [2.05, 4.69) is 4.98 Å². The Bertz CT molecular complexity index is 1080. The lowest BCUT2D eigenvalue weighted by Crippen LogP contribution is -2.05. The number of benzene rings is 2. The molecule has 3 aromatic rings. The molecule has 2 aromatic carbocycles. The minimum Gasteiger partial charge on any atom is -0.454 e. The Hall–Kier alpha value is -2.51. The van der Waals surface area contributed by atoms with E-state index in [0.29, 0.717) is 34.4 Å². The molecule has 122 valence electrons. The molecule has 2 heterocycles. The highest BCUT2D eigenvalue weighted by atomic mass is 35.5.